The number of carbonyl (C=O) groups excluding carboxylic acids is 1. The van der Waals surface area contributed by atoms with Crippen LogP contribution in [0.3, 0.4) is 0 Å². The Hall–Kier alpha value is -1.92. The highest BCUT2D eigenvalue weighted by Crippen LogP contribution is 2.34. The molecule has 0 bridgehead atoms. The molecule has 7 heteroatoms. The summed E-state index contributed by atoms with van der Waals surface area (Å²) in [5, 5.41) is 15.5. The maximum absolute atomic E-state index is 12.5. The molecule has 1 atom stereocenters. The van der Waals surface area contributed by atoms with Crippen LogP contribution in [0.5, 0.6) is 0 Å². The minimum absolute atomic E-state index is 0.102. The average molecular weight is 351 g/mol. The number of amides is 1. The molecule has 3 rings (SSSR count). The second kappa shape index (κ2) is 6.29. The van der Waals surface area contributed by atoms with Crippen LogP contribution in [-0.4, -0.2) is 10.8 Å². The molecule has 23 heavy (non-hydrogen) atoms. The Kier molecular flexibility index (Phi) is 4.37. The third kappa shape index (κ3) is 3.23. The number of nitro groups is 1. The lowest BCUT2D eigenvalue weighted by atomic mass is 9.88. The molecule has 1 amide bonds. The van der Waals surface area contributed by atoms with Crippen molar-refractivity contribution >= 4 is 40.2 Å². The van der Waals surface area contributed by atoms with Crippen LogP contribution in [-0.2, 0) is 12.8 Å². The minimum atomic E-state index is -0.520. The summed E-state index contributed by atoms with van der Waals surface area (Å²) in [5.41, 5.74) is 2.09. The van der Waals surface area contributed by atoms with E-state index < -0.39 is 4.92 Å². The molecule has 0 saturated carbocycles. The van der Waals surface area contributed by atoms with Gasteiger partial charge >= 0.3 is 0 Å². The zero-order valence-electron chi connectivity index (χ0n) is 12.5. The second-order valence-electron chi connectivity index (χ2n) is 5.77. The van der Waals surface area contributed by atoms with Crippen LogP contribution < -0.4 is 5.32 Å². The lowest BCUT2D eigenvalue weighted by Crippen LogP contribution is -2.16. The van der Waals surface area contributed by atoms with Crippen LogP contribution in [0.1, 0.15) is 34.1 Å². The highest BCUT2D eigenvalue weighted by molar-refractivity contribution is 7.10. The highest BCUT2D eigenvalue weighted by atomic mass is 35.5. The number of anilines is 1. The van der Waals surface area contributed by atoms with Gasteiger partial charge in [-0.05, 0) is 36.8 Å². The van der Waals surface area contributed by atoms with E-state index >= 15 is 0 Å². The molecule has 1 unspecified atom stereocenters. The number of hydrogen-bond donors (Lipinski definition) is 1. The minimum Gasteiger partial charge on any atom is -0.321 e. The molecule has 5 nitrogen and oxygen atoms in total. The molecular formula is C16H15ClN2O3S. The van der Waals surface area contributed by atoms with Gasteiger partial charge in [-0.3, -0.25) is 14.9 Å². The molecule has 1 aliphatic rings. The van der Waals surface area contributed by atoms with E-state index in [1.165, 1.54) is 23.1 Å². The van der Waals surface area contributed by atoms with Crippen LogP contribution in [0.25, 0.3) is 0 Å². The normalized spacial score (nSPS) is 16.7. The number of hydrogen-bond acceptors (Lipinski definition) is 4. The summed E-state index contributed by atoms with van der Waals surface area (Å²) in [5.74, 6) is 0.439. The summed E-state index contributed by atoms with van der Waals surface area (Å²) in [6.07, 6.45) is 3.02. The summed E-state index contributed by atoms with van der Waals surface area (Å²) in [6.45, 7) is 2.22. The first-order chi connectivity index (χ1) is 11.0. The van der Waals surface area contributed by atoms with Crippen molar-refractivity contribution < 1.29 is 9.72 Å². The Morgan fingerprint density at radius 1 is 1.48 bits per heavy atom. The van der Waals surface area contributed by atoms with Crippen molar-refractivity contribution in [3.05, 3.63) is 54.7 Å². The monoisotopic (exact) mass is 350 g/mol. The van der Waals surface area contributed by atoms with Gasteiger partial charge in [-0.1, -0.05) is 18.5 Å². The fraction of sp³-hybridized carbons (Fsp3) is 0.312. The number of non-ortho nitro benzene ring substituents is 1. The number of nitrogens with one attached hydrogen (secondary N) is 1. The fourth-order valence-electron chi connectivity index (χ4n) is 2.78. The molecule has 1 aliphatic carbocycles. The molecule has 0 fully saturated rings. The molecule has 0 spiro atoms. The molecule has 1 aromatic heterocycles. The summed E-state index contributed by atoms with van der Waals surface area (Å²) in [6, 6.07) is 4.02. The predicted molar refractivity (Wildman–Crippen MR) is 91.6 cm³/mol. The van der Waals surface area contributed by atoms with Crippen molar-refractivity contribution in [2.75, 3.05) is 5.32 Å². The van der Waals surface area contributed by atoms with Gasteiger partial charge in [0, 0.05) is 22.4 Å². The number of rotatable bonds is 3. The van der Waals surface area contributed by atoms with Gasteiger partial charge in [-0.15, -0.1) is 11.3 Å². The Labute approximate surface area is 142 Å². The molecule has 1 heterocycles. The van der Waals surface area contributed by atoms with Crippen LogP contribution in [0, 0.1) is 16.0 Å². The molecule has 0 saturated heterocycles. The Balaban J connectivity index is 1.82. The van der Waals surface area contributed by atoms with E-state index in [9.17, 15) is 14.9 Å². The van der Waals surface area contributed by atoms with Crippen molar-refractivity contribution in [1.82, 2.24) is 0 Å². The molecular weight excluding hydrogens is 336 g/mol. The van der Waals surface area contributed by atoms with Gasteiger partial charge in [-0.25, -0.2) is 0 Å². The molecule has 0 aliphatic heterocycles. The summed E-state index contributed by atoms with van der Waals surface area (Å²) in [7, 11) is 0. The topological polar surface area (TPSA) is 72.2 Å². The summed E-state index contributed by atoms with van der Waals surface area (Å²) >= 11 is 7.65. The first kappa shape index (κ1) is 16.0. The predicted octanol–water partition coefficient (Wildman–Crippen LogP) is 4.69. The van der Waals surface area contributed by atoms with Crippen molar-refractivity contribution in [2.24, 2.45) is 5.92 Å². The van der Waals surface area contributed by atoms with E-state index in [1.54, 1.807) is 11.3 Å². The van der Waals surface area contributed by atoms with Gasteiger partial charge in [0.05, 0.1) is 21.2 Å². The number of halogens is 1. The van der Waals surface area contributed by atoms with Crippen molar-refractivity contribution in [3.63, 3.8) is 0 Å². The number of benzene rings is 1. The zero-order valence-corrected chi connectivity index (χ0v) is 14.0. The van der Waals surface area contributed by atoms with Gasteiger partial charge < -0.3 is 5.32 Å². The first-order valence-electron chi connectivity index (χ1n) is 7.30. The third-order valence-electron chi connectivity index (χ3n) is 4.06. The van der Waals surface area contributed by atoms with Gasteiger partial charge in [0.15, 0.2) is 0 Å². The van der Waals surface area contributed by atoms with E-state index in [0.717, 1.165) is 24.8 Å². The summed E-state index contributed by atoms with van der Waals surface area (Å²) < 4.78 is 0. The maximum atomic E-state index is 12.5. The van der Waals surface area contributed by atoms with Gasteiger partial charge in [0.25, 0.3) is 11.6 Å². The van der Waals surface area contributed by atoms with Crippen molar-refractivity contribution in [2.45, 2.75) is 26.2 Å². The first-order valence-corrected chi connectivity index (χ1v) is 8.56. The standard InChI is InChI=1S/C16H15ClN2O3S/c1-9-2-4-11-12(8-23-15(11)6-9)16(20)18-14-5-3-10(19(21)22)7-13(14)17/h3,5,7-9H,2,4,6H2,1H3,(H,18,20). The summed E-state index contributed by atoms with van der Waals surface area (Å²) in [4.78, 5) is 24.0. The average Bonchev–Trinajstić information content (AvgIpc) is 2.92. The number of nitro benzene ring substituents is 1. The lowest BCUT2D eigenvalue weighted by molar-refractivity contribution is -0.384. The highest BCUT2D eigenvalue weighted by Gasteiger charge is 2.23. The van der Waals surface area contributed by atoms with E-state index in [1.807, 2.05) is 5.38 Å². The zero-order chi connectivity index (χ0) is 16.6. The SMILES string of the molecule is CC1CCc2c(C(=O)Nc3ccc([N+](=O)[O-])cc3Cl)csc2C1. The molecule has 120 valence electrons. The van der Waals surface area contributed by atoms with Crippen LogP contribution in [0.15, 0.2) is 23.6 Å². The van der Waals surface area contributed by atoms with Crippen molar-refractivity contribution in [3.8, 4) is 0 Å². The number of nitrogens with zero attached hydrogens (tertiary/aromatic N) is 1. The van der Waals surface area contributed by atoms with Crippen molar-refractivity contribution in [1.29, 1.82) is 0 Å². The Morgan fingerprint density at radius 2 is 2.26 bits per heavy atom. The van der Waals surface area contributed by atoms with Crippen LogP contribution in [0.2, 0.25) is 5.02 Å². The fourth-order valence-corrected chi connectivity index (χ4v) is 4.24. The Bertz CT molecular complexity index is 788. The van der Waals surface area contributed by atoms with Gasteiger partial charge in [-0.2, -0.15) is 0 Å². The van der Waals surface area contributed by atoms with E-state index in [0.29, 0.717) is 17.2 Å². The van der Waals surface area contributed by atoms with Gasteiger partial charge in [0.1, 0.15) is 0 Å². The van der Waals surface area contributed by atoms with Gasteiger partial charge in [0.2, 0.25) is 0 Å². The van der Waals surface area contributed by atoms with E-state index in [2.05, 4.69) is 12.2 Å². The smallest absolute Gasteiger partial charge is 0.271 e. The third-order valence-corrected chi connectivity index (χ3v) is 5.42. The largest absolute Gasteiger partial charge is 0.321 e. The quantitative estimate of drug-likeness (QED) is 0.644. The molecule has 0 radical (unpaired) electrons. The lowest BCUT2D eigenvalue weighted by Gasteiger charge is -2.18. The second-order valence-corrected chi connectivity index (χ2v) is 7.15. The molecule has 1 N–H and O–H groups in total. The molecule has 1 aromatic carbocycles. The molecule has 2 aromatic rings. The number of fused-ring (bicyclic) bond motifs is 1. The number of carbonyl (C=O) groups is 1. The van der Waals surface area contributed by atoms with E-state index in [4.69, 9.17) is 11.6 Å². The maximum Gasteiger partial charge on any atom is 0.271 e. The number of thiophene rings is 1. The van der Waals surface area contributed by atoms with Crippen LogP contribution in [0.4, 0.5) is 11.4 Å². The Morgan fingerprint density at radius 3 is 2.96 bits per heavy atom. The van der Waals surface area contributed by atoms with E-state index in [-0.39, 0.29) is 16.6 Å². The van der Waals surface area contributed by atoms with Crippen LogP contribution >= 0.6 is 22.9 Å².